The van der Waals surface area contributed by atoms with Gasteiger partial charge in [0, 0.05) is 26.4 Å². The Morgan fingerprint density at radius 2 is 2.10 bits per heavy atom. The van der Waals surface area contributed by atoms with Gasteiger partial charge in [-0.25, -0.2) is 9.98 Å². The first-order valence-electron chi connectivity index (χ1n) is 7.26. The van der Waals surface area contributed by atoms with Crippen LogP contribution in [0.5, 0.6) is 0 Å². The molecule has 1 radical (unpaired) electrons. The van der Waals surface area contributed by atoms with Crippen LogP contribution in [0.2, 0.25) is 0 Å². The molecule has 6 heteroatoms. The number of hydrogen-bond donors (Lipinski definition) is 0. The Bertz CT molecular complexity index is 471. The molecule has 0 atom stereocenters. The zero-order chi connectivity index (χ0) is 15.7. The van der Waals surface area contributed by atoms with Gasteiger partial charge in [-0.2, -0.15) is 4.98 Å². The Morgan fingerprint density at radius 3 is 2.67 bits per heavy atom. The Morgan fingerprint density at radius 1 is 1.38 bits per heavy atom. The molecule has 21 heavy (non-hydrogen) atoms. The summed E-state index contributed by atoms with van der Waals surface area (Å²) in [7, 11) is 1.82. The van der Waals surface area contributed by atoms with Crippen molar-refractivity contribution >= 4 is 30.0 Å². The van der Waals surface area contributed by atoms with Gasteiger partial charge in [0.25, 0.3) is 0 Å². The van der Waals surface area contributed by atoms with E-state index in [1.165, 1.54) is 0 Å². The summed E-state index contributed by atoms with van der Waals surface area (Å²) in [6, 6.07) is 0. The Balaban J connectivity index is 3.15. The number of likely N-dealkylation sites (N-methyl/N-ethyl adjacent to an activating group) is 1. The molecule has 0 unspecified atom stereocenters. The number of nitrogens with zero attached hydrogens (tertiary/aromatic N) is 5. The van der Waals surface area contributed by atoms with E-state index in [0.29, 0.717) is 11.8 Å². The van der Waals surface area contributed by atoms with Crippen LogP contribution in [0.15, 0.2) is 11.2 Å². The second kappa shape index (κ2) is 9.05. The molecule has 0 aromatic carbocycles. The summed E-state index contributed by atoms with van der Waals surface area (Å²) >= 11 is 0. The summed E-state index contributed by atoms with van der Waals surface area (Å²) < 4.78 is 0. The van der Waals surface area contributed by atoms with Crippen molar-refractivity contribution < 1.29 is 4.79 Å². The van der Waals surface area contributed by atoms with Crippen LogP contribution in [0.4, 0.5) is 17.5 Å². The maximum absolute atomic E-state index is 10.7. The van der Waals surface area contributed by atoms with Gasteiger partial charge in [0.15, 0.2) is 5.82 Å². The highest BCUT2D eigenvalue weighted by molar-refractivity contribution is 5.72. The van der Waals surface area contributed by atoms with Crippen molar-refractivity contribution in [3.63, 3.8) is 0 Å². The van der Waals surface area contributed by atoms with Gasteiger partial charge in [0.05, 0.1) is 12.7 Å². The minimum Gasteiger partial charge on any atom is -0.363 e. The van der Waals surface area contributed by atoms with Crippen molar-refractivity contribution in [1.82, 2.24) is 9.97 Å². The van der Waals surface area contributed by atoms with E-state index in [1.54, 1.807) is 17.3 Å². The molecule has 0 aliphatic carbocycles. The van der Waals surface area contributed by atoms with Crippen LogP contribution >= 0.6 is 0 Å². The van der Waals surface area contributed by atoms with Crippen molar-refractivity contribution in [1.29, 1.82) is 0 Å². The fourth-order valence-electron chi connectivity index (χ4n) is 1.83. The number of hydrogen-bond acceptors (Lipinski definition) is 6. The van der Waals surface area contributed by atoms with E-state index in [9.17, 15) is 4.79 Å². The van der Waals surface area contributed by atoms with Crippen LogP contribution in [-0.2, 0) is 4.79 Å². The Labute approximate surface area is 126 Å². The van der Waals surface area contributed by atoms with Gasteiger partial charge < -0.3 is 14.6 Å². The lowest BCUT2D eigenvalue weighted by Gasteiger charge is -2.21. The number of carbonyl (C=O) groups excluding carboxylic acids is 1. The molecule has 0 aliphatic rings. The third kappa shape index (κ3) is 4.81. The van der Waals surface area contributed by atoms with Crippen molar-refractivity contribution in [2.45, 2.75) is 26.7 Å². The van der Waals surface area contributed by atoms with Crippen LogP contribution in [-0.4, -0.2) is 49.2 Å². The van der Waals surface area contributed by atoms with E-state index in [1.807, 2.05) is 7.05 Å². The lowest BCUT2D eigenvalue weighted by molar-refractivity contribution is -0.106. The lowest BCUT2D eigenvalue weighted by Crippen LogP contribution is -2.25. The third-order valence-electron chi connectivity index (χ3n) is 3.09. The van der Waals surface area contributed by atoms with Gasteiger partial charge in [0.2, 0.25) is 5.95 Å². The topological polar surface area (TPSA) is 61.7 Å². The van der Waals surface area contributed by atoms with Crippen molar-refractivity contribution in [2.75, 3.05) is 36.5 Å². The monoisotopic (exact) mass is 290 g/mol. The molecular weight excluding hydrogens is 266 g/mol. The quantitative estimate of drug-likeness (QED) is 0.516. The first kappa shape index (κ1) is 17.1. The average Bonchev–Trinajstić information content (AvgIpc) is 2.49. The summed E-state index contributed by atoms with van der Waals surface area (Å²) in [6.45, 7) is 9.86. The molecule has 0 saturated heterocycles. The minimum absolute atomic E-state index is 0.284. The number of aliphatic imine (C=N–C) groups is 1. The third-order valence-corrected chi connectivity index (χ3v) is 3.09. The molecule has 0 amide bonds. The second-order valence-corrected chi connectivity index (χ2v) is 4.55. The van der Waals surface area contributed by atoms with Gasteiger partial charge in [0.1, 0.15) is 12.0 Å². The molecule has 0 saturated carbocycles. The van der Waals surface area contributed by atoms with Gasteiger partial charge in [-0.1, -0.05) is 6.92 Å². The zero-order valence-corrected chi connectivity index (χ0v) is 13.1. The van der Waals surface area contributed by atoms with E-state index < -0.39 is 0 Å². The molecule has 0 aliphatic heterocycles. The number of unbranched alkanes of at least 4 members (excludes halogenated alkanes) is 1. The molecule has 0 spiro atoms. The van der Waals surface area contributed by atoms with Crippen molar-refractivity contribution in [3.05, 3.63) is 13.1 Å². The predicted molar refractivity (Wildman–Crippen MR) is 87.7 cm³/mol. The molecule has 6 nitrogen and oxygen atoms in total. The average molecular weight is 290 g/mol. The van der Waals surface area contributed by atoms with Crippen LogP contribution in [0.25, 0.3) is 0 Å². The number of aromatic nitrogens is 2. The predicted octanol–water partition coefficient (Wildman–Crippen LogP) is 2.27. The highest BCUT2D eigenvalue weighted by atomic mass is 16.1. The molecule has 1 rings (SSSR count). The maximum Gasteiger partial charge on any atom is 0.227 e. The van der Waals surface area contributed by atoms with Crippen molar-refractivity contribution in [3.8, 4) is 0 Å². The number of carbonyl (C=O) groups is 1. The van der Waals surface area contributed by atoms with E-state index in [2.05, 4.69) is 40.6 Å². The lowest BCUT2D eigenvalue weighted by atomic mass is 10.3. The largest absolute Gasteiger partial charge is 0.363 e. The van der Waals surface area contributed by atoms with Crippen LogP contribution in [0.3, 0.4) is 0 Å². The molecule has 0 N–H and O–H groups in total. The number of aldehydes is 1. The van der Waals surface area contributed by atoms with Gasteiger partial charge in [-0.15, -0.1) is 0 Å². The van der Waals surface area contributed by atoms with Crippen molar-refractivity contribution in [2.24, 2.45) is 4.99 Å². The van der Waals surface area contributed by atoms with Gasteiger partial charge in [-0.05, 0) is 26.7 Å². The van der Waals surface area contributed by atoms with E-state index >= 15 is 0 Å². The zero-order valence-electron chi connectivity index (χ0n) is 13.1. The fourth-order valence-corrected chi connectivity index (χ4v) is 1.83. The summed E-state index contributed by atoms with van der Waals surface area (Å²) in [5.74, 6) is 1.25. The molecule has 1 aromatic heterocycles. The smallest absolute Gasteiger partial charge is 0.227 e. The second-order valence-electron chi connectivity index (χ2n) is 4.55. The first-order valence-corrected chi connectivity index (χ1v) is 7.26. The van der Waals surface area contributed by atoms with Crippen LogP contribution in [0.1, 0.15) is 26.7 Å². The first-order chi connectivity index (χ1) is 10.2. The van der Waals surface area contributed by atoms with E-state index in [0.717, 1.165) is 37.9 Å². The summed E-state index contributed by atoms with van der Waals surface area (Å²) in [5.41, 5.74) is 0.748. The fraction of sp³-hybridized carbons (Fsp3) is 0.533. The molecule has 1 heterocycles. The maximum atomic E-state index is 10.7. The highest BCUT2D eigenvalue weighted by Gasteiger charge is 2.13. The molecule has 1 aromatic rings. The van der Waals surface area contributed by atoms with Crippen LogP contribution < -0.4 is 9.80 Å². The van der Waals surface area contributed by atoms with E-state index in [-0.39, 0.29) is 6.54 Å². The van der Waals surface area contributed by atoms with Gasteiger partial charge in [-0.3, -0.25) is 0 Å². The number of rotatable bonds is 9. The Hall–Kier alpha value is -1.98. The minimum atomic E-state index is 0.284. The molecule has 0 fully saturated rings. The Kier molecular flexibility index (Phi) is 7.36. The standard InChI is InChI=1S/C15H24N5O/c1-5-8-9-16-14-13(19(4)10-11-21)12-17-15(18-14)20(6-2)7-3/h9,11-12H,1,5-8,10H2,2-4H3. The molecular formula is C15H24N5O. The SMILES string of the molecule is [CH2]CCC=Nc1nc(N(CC)CC)ncc1N(C)CC=O. The number of anilines is 2. The van der Waals surface area contributed by atoms with Gasteiger partial charge >= 0.3 is 0 Å². The normalized spacial score (nSPS) is 10.9. The molecule has 115 valence electrons. The highest BCUT2D eigenvalue weighted by Crippen LogP contribution is 2.26. The van der Waals surface area contributed by atoms with E-state index in [4.69, 9.17) is 0 Å². The summed E-state index contributed by atoms with van der Waals surface area (Å²) in [6.07, 6.45) is 5.96. The summed E-state index contributed by atoms with van der Waals surface area (Å²) in [5, 5.41) is 0. The summed E-state index contributed by atoms with van der Waals surface area (Å²) in [4.78, 5) is 27.9. The van der Waals surface area contributed by atoms with Crippen LogP contribution in [0, 0.1) is 6.92 Å². The molecule has 0 bridgehead atoms.